The zero-order chi connectivity index (χ0) is 24.0. The van der Waals surface area contributed by atoms with Crippen molar-refractivity contribution in [1.82, 2.24) is 15.2 Å². The number of thiazole rings is 1. The summed E-state index contributed by atoms with van der Waals surface area (Å²) in [5.41, 5.74) is 4.21. The van der Waals surface area contributed by atoms with Crippen LogP contribution in [-0.2, 0) is 16.0 Å². The van der Waals surface area contributed by atoms with Crippen LogP contribution >= 0.6 is 22.7 Å². The summed E-state index contributed by atoms with van der Waals surface area (Å²) in [6.45, 7) is 5.88. The molecule has 1 fully saturated rings. The third kappa shape index (κ3) is 5.87. The van der Waals surface area contributed by atoms with Gasteiger partial charge in [0.2, 0.25) is 5.91 Å². The van der Waals surface area contributed by atoms with E-state index in [-0.39, 0.29) is 18.4 Å². The normalized spacial score (nSPS) is 15.1. The first-order chi connectivity index (χ1) is 17.2. The highest BCUT2D eigenvalue weighted by Gasteiger charge is 2.24. The number of nitrogens with one attached hydrogen (secondary N) is 1. The fourth-order valence-corrected chi connectivity index (χ4v) is 6.26. The van der Waals surface area contributed by atoms with Gasteiger partial charge >= 0.3 is 0 Å². The van der Waals surface area contributed by atoms with Gasteiger partial charge in [0.05, 0.1) is 36.2 Å². The maximum absolute atomic E-state index is 13.2. The van der Waals surface area contributed by atoms with Crippen LogP contribution in [0.5, 0.6) is 0 Å². The Balaban J connectivity index is 1.35. The van der Waals surface area contributed by atoms with Crippen molar-refractivity contribution in [2.45, 2.75) is 19.4 Å². The highest BCUT2D eigenvalue weighted by Crippen LogP contribution is 2.36. The summed E-state index contributed by atoms with van der Waals surface area (Å²) < 4.78 is 5.54. The van der Waals surface area contributed by atoms with Gasteiger partial charge in [-0.25, -0.2) is 4.98 Å². The predicted molar refractivity (Wildman–Crippen MR) is 144 cm³/mol. The molecule has 1 saturated heterocycles. The van der Waals surface area contributed by atoms with Crippen molar-refractivity contribution in [2.24, 2.45) is 0 Å². The van der Waals surface area contributed by atoms with Crippen molar-refractivity contribution in [3.8, 4) is 21.0 Å². The summed E-state index contributed by atoms with van der Waals surface area (Å²) in [5, 5.41) is 6.24. The molecule has 0 bridgehead atoms. The lowest BCUT2D eigenvalue weighted by Crippen LogP contribution is -2.43. The fourth-order valence-electron chi connectivity index (χ4n) is 4.31. The molecular formula is C28H29N3O2S2. The molecular weight excluding hydrogens is 474 g/mol. The number of ether oxygens (including phenoxy) is 1. The third-order valence-corrected chi connectivity index (χ3v) is 8.38. The average molecular weight is 504 g/mol. The van der Waals surface area contributed by atoms with Crippen molar-refractivity contribution < 1.29 is 9.53 Å². The first-order valence-corrected chi connectivity index (χ1v) is 13.6. The summed E-state index contributed by atoms with van der Waals surface area (Å²) in [5.74, 6) is -0.00177. The lowest BCUT2D eigenvalue weighted by atomic mass is 10.1. The van der Waals surface area contributed by atoms with E-state index in [9.17, 15) is 4.79 Å². The lowest BCUT2D eigenvalue weighted by molar-refractivity contribution is -0.120. The second-order valence-corrected chi connectivity index (χ2v) is 10.7. The summed E-state index contributed by atoms with van der Waals surface area (Å²) in [6, 6.07) is 23.0. The first kappa shape index (κ1) is 23.9. The Labute approximate surface area is 214 Å². The molecule has 0 aliphatic carbocycles. The maximum Gasteiger partial charge on any atom is 0.226 e. The smallest absolute Gasteiger partial charge is 0.226 e. The standard InChI is InChI=1S/C28H29N3O2S2/c1-20-9-11-21(12-10-20)27-23(30-28(35-27)22-6-3-2-4-7-22)18-26(32)29-19-24(25-8-5-17-34-25)31-13-15-33-16-14-31/h2-12,17,24H,13-16,18-19H2,1H3,(H,29,32). The van der Waals surface area contributed by atoms with Gasteiger partial charge in [-0.2, -0.15) is 0 Å². The number of aromatic nitrogens is 1. The summed E-state index contributed by atoms with van der Waals surface area (Å²) in [6.07, 6.45) is 0.257. The molecule has 180 valence electrons. The Bertz CT molecular complexity index is 1230. The predicted octanol–water partition coefficient (Wildman–Crippen LogP) is 5.58. The van der Waals surface area contributed by atoms with Crippen molar-refractivity contribution in [2.75, 3.05) is 32.8 Å². The Hall–Kier alpha value is -2.84. The maximum atomic E-state index is 13.2. The van der Waals surface area contributed by atoms with Crippen LogP contribution in [0, 0.1) is 6.92 Å². The third-order valence-electron chi connectivity index (χ3n) is 6.21. The van der Waals surface area contributed by atoms with Gasteiger partial charge in [0, 0.05) is 30.1 Å². The molecule has 0 spiro atoms. The van der Waals surface area contributed by atoms with E-state index in [4.69, 9.17) is 9.72 Å². The number of carbonyl (C=O) groups excluding carboxylic acids is 1. The largest absolute Gasteiger partial charge is 0.379 e. The monoisotopic (exact) mass is 503 g/mol. The van der Waals surface area contributed by atoms with E-state index in [1.165, 1.54) is 10.4 Å². The van der Waals surface area contributed by atoms with Gasteiger partial charge in [-0.1, -0.05) is 66.2 Å². The quantitative estimate of drug-likeness (QED) is 0.341. The second-order valence-electron chi connectivity index (χ2n) is 8.69. The van der Waals surface area contributed by atoms with Gasteiger partial charge in [0.1, 0.15) is 5.01 Å². The number of hydrogen-bond acceptors (Lipinski definition) is 6. The number of nitrogens with zero attached hydrogens (tertiary/aromatic N) is 2. The number of thiophene rings is 1. The number of rotatable bonds is 8. The molecule has 1 aliphatic rings. The van der Waals surface area contributed by atoms with E-state index in [0.29, 0.717) is 6.54 Å². The number of carbonyl (C=O) groups is 1. The topological polar surface area (TPSA) is 54.5 Å². The molecule has 3 heterocycles. The number of morpholine rings is 1. The second kappa shape index (κ2) is 11.3. The molecule has 5 rings (SSSR count). The molecule has 1 atom stereocenters. The molecule has 0 radical (unpaired) electrons. The minimum absolute atomic E-state index is 0.00177. The zero-order valence-electron chi connectivity index (χ0n) is 19.8. The SMILES string of the molecule is Cc1ccc(-c2sc(-c3ccccc3)nc2CC(=O)NCC(c2cccs2)N2CCOCC2)cc1. The summed E-state index contributed by atoms with van der Waals surface area (Å²) >= 11 is 3.38. The van der Waals surface area contributed by atoms with Gasteiger partial charge in [-0.15, -0.1) is 22.7 Å². The molecule has 2 aromatic carbocycles. The zero-order valence-corrected chi connectivity index (χ0v) is 21.4. The van der Waals surface area contributed by atoms with Crippen LogP contribution in [0.3, 0.4) is 0 Å². The molecule has 1 aliphatic heterocycles. The van der Waals surface area contributed by atoms with Gasteiger partial charge in [0.15, 0.2) is 0 Å². The number of amides is 1. The molecule has 4 aromatic rings. The van der Waals surface area contributed by atoms with Crippen LogP contribution in [0.25, 0.3) is 21.0 Å². The Morgan fingerprint density at radius 3 is 2.51 bits per heavy atom. The minimum Gasteiger partial charge on any atom is -0.379 e. The van der Waals surface area contributed by atoms with Crippen molar-refractivity contribution in [3.63, 3.8) is 0 Å². The Morgan fingerprint density at radius 1 is 1.03 bits per heavy atom. The van der Waals surface area contributed by atoms with Gasteiger partial charge in [-0.05, 0) is 23.9 Å². The van der Waals surface area contributed by atoms with Crippen LogP contribution in [-0.4, -0.2) is 48.6 Å². The van der Waals surface area contributed by atoms with E-state index in [0.717, 1.165) is 53.0 Å². The van der Waals surface area contributed by atoms with E-state index < -0.39 is 0 Å². The molecule has 1 amide bonds. The highest BCUT2D eigenvalue weighted by atomic mass is 32.1. The molecule has 35 heavy (non-hydrogen) atoms. The Kier molecular flexibility index (Phi) is 7.69. The number of hydrogen-bond donors (Lipinski definition) is 1. The summed E-state index contributed by atoms with van der Waals surface area (Å²) in [4.78, 5) is 22.8. The first-order valence-electron chi connectivity index (χ1n) is 11.9. The number of benzene rings is 2. The van der Waals surface area contributed by atoms with Crippen molar-refractivity contribution in [3.05, 3.63) is 88.2 Å². The van der Waals surface area contributed by atoms with Crippen LogP contribution in [0.4, 0.5) is 0 Å². The molecule has 0 saturated carbocycles. The van der Waals surface area contributed by atoms with E-state index in [1.54, 1.807) is 22.7 Å². The van der Waals surface area contributed by atoms with Crippen LogP contribution in [0.1, 0.15) is 22.2 Å². The van der Waals surface area contributed by atoms with Crippen molar-refractivity contribution >= 4 is 28.6 Å². The molecule has 1 unspecified atom stereocenters. The van der Waals surface area contributed by atoms with Crippen molar-refractivity contribution in [1.29, 1.82) is 0 Å². The molecule has 5 nitrogen and oxygen atoms in total. The van der Waals surface area contributed by atoms with E-state index in [1.807, 2.05) is 18.2 Å². The van der Waals surface area contributed by atoms with E-state index >= 15 is 0 Å². The van der Waals surface area contributed by atoms with E-state index in [2.05, 4.69) is 71.1 Å². The van der Waals surface area contributed by atoms with Gasteiger partial charge in [-0.3, -0.25) is 9.69 Å². The molecule has 7 heteroatoms. The lowest BCUT2D eigenvalue weighted by Gasteiger charge is -2.34. The van der Waals surface area contributed by atoms with Gasteiger partial charge in [0.25, 0.3) is 0 Å². The summed E-state index contributed by atoms with van der Waals surface area (Å²) in [7, 11) is 0. The van der Waals surface area contributed by atoms with Crippen LogP contribution < -0.4 is 5.32 Å². The number of aryl methyl sites for hydroxylation is 1. The minimum atomic E-state index is -0.00177. The average Bonchev–Trinajstić information content (AvgIpc) is 3.57. The highest BCUT2D eigenvalue weighted by molar-refractivity contribution is 7.18. The fraction of sp³-hybridized carbons (Fsp3) is 0.286. The van der Waals surface area contributed by atoms with Crippen LogP contribution in [0.2, 0.25) is 0 Å². The molecule has 2 aromatic heterocycles. The Morgan fingerprint density at radius 2 is 1.80 bits per heavy atom. The van der Waals surface area contributed by atoms with Gasteiger partial charge < -0.3 is 10.1 Å². The molecule has 1 N–H and O–H groups in total. The van der Waals surface area contributed by atoms with Crippen LogP contribution in [0.15, 0.2) is 72.1 Å².